The Hall–Kier alpha value is 1.82. The van der Waals surface area contributed by atoms with Crippen molar-refractivity contribution in [1.29, 1.82) is 0 Å². The average Bonchev–Trinajstić information content (AvgIpc) is 1.14. The summed E-state index contributed by atoms with van der Waals surface area (Å²) in [4.78, 5) is 0. The summed E-state index contributed by atoms with van der Waals surface area (Å²) in [6.07, 6.45) is 0. The minimum atomic E-state index is -4.62. The van der Waals surface area contributed by atoms with E-state index in [2.05, 4.69) is 0 Å². The Morgan fingerprint density at radius 1 is 0.909 bits per heavy atom. The molecule has 60 valence electrons. The fourth-order valence-corrected chi connectivity index (χ4v) is 1.69. The van der Waals surface area contributed by atoms with Crippen molar-refractivity contribution < 1.29 is 87.9 Å². The van der Waals surface area contributed by atoms with Crippen LogP contribution in [0.4, 0.5) is 0 Å². The number of hydrogen-bond donors (Lipinski definition) is 2. The van der Waals surface area contributed by atoms with E-state index in [4.69, 9.17) is 9.11 Å². The number of rotatable bonds is 2. The first-order chi connectivity index (χ1) is 3.71. The molecule has 0 fully saturated rings. The normalized spacial score (nSPS) is 11.1. The topological polar surface area (TPSA) is 109 Å². The van der Waals surface area contributed by atoms with Gasteiger partial charge in [0.2, 0.25) is 5.08 Å². The third kappa shape index (κ3) is 18.6. The van der Waals surface area contributed by atoms with Crippen molar-refractivity contribution in [2.45, 2.75) is 0 Å². The fourth-order valence-electron chi connectivity index (χ4n) is 0.188. The predicted octanol–water partition coefficient (Wildman–Crippen LogP) is -7.05. The first-order valence-corrected chi connectivity index (χ1v) is 4.83. The Labute approximate surface area is 112 Å². The summed E-state index contributed by atoms with van der Waals surface area (Å²) in [5.41, 5.74) is 0. The van der Waals surface area contributed by atoms with Crippen LogP contribution in [0.3, 0.4) is 0 Å². The Morgan fingerprint density at radius 3 is 1.09 bits per heavy atom. The molecule has 0 unspecified atom stereocenters. The molecule has 0 aliphatic rings. The van der Waals surface area contributed by atoms with Crippen LogP contribution in [-0.2, 0) is 20.2 Å². The van der Waals surface area contributed by atoms with E-state index in [1.54, 1.807) is 0 Å². The van der Waals surface area contributed by atoms with Crippen molar-refractivity contribution in [3.63, 3.8) is 0 Å². The van der Waals surface area contributed by atoms with Crippen LogP contribution in [0.5, 0.6) is 0 Å². The molecule has 0 saturated heterocycles. The smallest absolute Gasteiger partial charge is 1.00 e. The summed E-state index contributed by atoms with van der Waals surface area (Å²) in [7, 11) is -9.24. The molecule has 0 aromatic heterocycles. The van der Waals surface area contributed by atoms with Crippen LogP contribution in [0.15, 0.2) is 0 Å². The van der Waals surface area contributed by atoms with E-state index in [9.17, 15) is 16.8 Å². The van der Waals surface area contributed by atoms with Crippen LogP contribution in [0.1, 0.15) is 2.85 Å². The van der Waals surface area contributed by atoms with Gasteiger partial charge in [0.1, 0.15) is 0 Å². The molecule has 11 heavy (non-hydrogen) atoms. The molecule has 0 atom stereocenters. The van der Waals surface area contributed by atoms with Crippen molar-refractivity contribution >= 4 is 20.2 Å². The Bertz CT molecular complexity index is 252. The van der Waals surface area contributed by atoms with Crippen LogP contribution in [0, 0.1) is 0 Å². The minimum Gasteiger partial charge on any atom is -1.00 e. The van der Waals surface area contributed by atoms with Crippen molar-refractivity contribution in [2.24, 2.45) is 0 Å². The minimum absolute atomic E-state index is 0. The van der Waals surface area contributed by atoms with E-state index in [0.29, 0.717) is 0 Å². The molecular formula is CH6Na2O6S2. The van der Waals surface area contributed by atoms with E-state index in [0.717, 1.165) is 0 Å². The van der Waals surface area contributed by atoms with Crippen molar-refractivity contribution in [1.82, 2.24) is 0 Å². The van der Waals surface area contributed by atoms with Gasteiger partial charge in [-0.3, -0.25) is 9.11 Å². The molecule has 0 bridgehead atoms. The summed E-state index contributed by atoms with van der Waals surface area (Å²) >= 11 is 0. The molecule has 6 nitrogen and oxygen atoms in total. The molecular weight excluding hydrogens is 218 g/mol. The molecule has 0 radical (unpaired) electrons. The zero-order chi connectivity index (χ0) is 7.71. The fraction of sp³-hybridized carbons (Fsp3) is 1.00. The monoisotopic (exact) mass is 224 g/mol. The van der Waals surface area contributed by atoms with Gasteiger partial charge < -0.3 is 2.85 Å². The van der Waals surface area contributed by atoms with Gasteiger partial charge in [-0.25, -0.2) is 0 Å². The first-order valence-electron chi connectivity index (χ1n) is 1.61. The quantitative estimate of drug-likeness (QED) is 0.356. The third-order valence-corrected chi connectivity index (χ3v) is 2.68. The standard InChI is InChI=1S/CH4O6S2.2Na.2H/c2-8(3,4)1-9(5,6)7;;;;/h1H2,(H,2,3,4)(H,5,6,7);;;;/q;2*+1;2*-1. The van der Waals surface area contributed by atoms with E-state index >= 15 is 0 Å². The van der Waals surface area contributed by atoms with Crippen LogP contribution in [0.2, 0.25) is 0 Å². The SMILES string of the molecule is O=S(=O)(O)CS(=O)(=O)O.[H-].[H-].[Na+].[Na+]. The summed E-state index contributed by atoms with van der Waals surface area (Å²) in [6.45, 7) is 0. The molecule has 0 spiro atoms. The van der Waals surface area contributed by atoms with Crippen molar-refractivity contribution in [3.05, 3.63) is 0 Å². The van der Waals surface area contributed by atoms with Gasteiger partial charge in [0.25, 0.3) is 20.2 Å². The third-order valence-electron chi connectivity index (χ3n) is 0.298. The van der Waals surface area contributed by atoms with Gasteiger partial charge in [0.05, 0.1) is 0 Å². The van der Waals surface area contributed by atoms with E-state index in [1.807, 2.05) is 0 Å². The maximum Gasteiger partial charge on any atom is 1.00 e. The van der Waals surface area contributed by atoms with Gasteiger partial charge in [-0.05, 0) is 0 Å². The zero-order valence-corrected chi connectivity index (χ0v) is 11.7. The van der Waals surface area contributed by atoms with Crippen LogP contribution < -0.4 is 59.1 Å². The molecule has 0 aliphatic carbocycles. The van der Waals surface area contributed by atoms with Crippen LogP contribution in [-0.4, -0.2) is 31.0 Å². The Balaban J connectivity index is -0.0000000533. The maximum absolute atomic E-state index is 9.66. The van der Waals surface area contributed by atoms with Gasteiger partial charge in [0, 0.05) is 0 Å². The summed E-state index contributed by atoms with van der Waals surface area (Å²) in [6, 6.07) is 0. The second-order valence-electron chi connectivity index (χ2n) is 1.28. The molecule has 0 saturated carbocycles. The average molecular weight is 224 g/mol. The van der Waals surface area contributed by atoms with Crippen molar-refractivity contribution in [2.75, 3.05) is 5.08 Å². The molecule has 0 rings (SSSR count). The van der Waals surface area contributed by atoms with E-state index < -0.39 is 25.3 Å². The molecule has 0 aromatic carbocycles. The van der Waals surface area contributed by atoms with Crippen molar-refractivity contribution in [3.8, 4) is 0 Å². The Kier molecular flexibility index (Phi) is 10.6. The molecule has 10 heteroatoms. The maximum atomic E-state index is 9.66. The predicted molar refractivity (Wildman–Crippen MR) is 30.2 cm³/mol. The summed E-state index contributed by atoms with van der Waals surface area (Å²) < 4.78 is 54.2. The van der Waals surface area contributed by atoms with Crippen LogP contribution in [0.25, 0.3) is 0 Å². The van der Waals surface area contributed by atoms with Gasteiger partial charge >= 0.3 is 59.1 Å². The van der Waals surface area contributed by atoms with E-state index in [-0.39, 0.29) is 62.0 Å². The summed E-state index contributed by atoms with van der Waals surface area (Å²) in [5, 5.41) is -1.65. The molecule has 2 N–H and O–H groups in total. The summed E-state index contributed by atoms with van der Waals surface area (Å²) in [5.74, 6) is 0. The molecule has 0 amide bonds. The molecule has 0 aromatic rings. The first kappa shape index (κ1) is 18.6. The Morgan fingerprint density at radius 2 is 1.09 bits per heavy atom. The van der Waals surface area contributed by atoms with Gasteiger partial charge in [-0.1, -0.05) is 0 Å². The zero-order valence-electron chi connectivity index (χ0n) is 8.05. The second-order valence-corrected chi connectivity index (χ2v) is 4.55. The molecule has 0 aliphatic heterocycles. The molecule has 0 heterocycles. The van der Waals surface area contributed by atoms with E-state index in [1.165, 1.54) is 0 Å². The van der Waals surface area contributed by atoms with Gasteiger partial charge in [0.15, 0.2) is 0 Å². The van der Waals surface area contributed by atoms with Gasteiger partial charge in [-0.2, -0.15) is 16.8 Å². The largest absolute Gasteiger partial charge is 1.00 e. The second kappa shape index (κ2) is 6.30. The number of hydrogen-bond acceptors (Lipinski definition) is 4. The van der Waals surface area contributed by atoms with Crippen LogP contribution >= 0.6 is 0 Å². The van der Waals surface area contributed by atoms with Gasteiger partial charge in [-0.15, -0.1) is 0 Å².